The fraction of sp³-hybridized carbons (Fsp3) is 0.400. The van der Waals surface area contributed by atoms with Crippen LogP contribution in [0.25, 0.3) is 0 Å². The number of hydrogen-bond acceptors (Lipinski definition) is 4. The summed E-state index contributed by atoms with van der Waals surface area (Å²) in [6, 6.07) is 14.2. The van der Waals surface area contributed by atoms with Crippen LogP contribution in [0, 0.1) is 0 Å². The SMILES string of the molecule is O=C(c1ccc(Br)s1)N1CCC(N2C(=O)OC[C@@H]2Cc2ccccc2)CC1. The smallest absolute Gasteiger partial charge is 0.410 e. The van der Waals surface area contributed by atoms with Gasteiger partial charge < -0.3 is 9.64 Å². The molecule has 2 aliphatic heterocycles. The Bertz CT molecular complexity index is 818. The van der Waals surface area contributed by atoms with Crippen LogP contribution < -0.4 is 0 Å². The Morgan fingerprint density at radius 2 is 1.89 bits per heavy atom. The van der Waals surface area contributed by atoms with Crippen molar-refractivity contribution in [2.24, 2.45) is 0 Å². The minimum Gasteiger partial charge on any atom is -0.447 e. The second-order valence-corrected chi connectivity index (χ2v) is 9.42. The fourth-order valence-corrected chi connectivity index (χ4v) is 5.25. The lowest BCUT2D eigenvalue weighted by Crippen LogP contribution is -2.50. The average molecular weight is 449 g/mol. The van der Waals surface area contributed by atoms with Gasteiger partial charge in [0.2, 0.25) is 0 Å². The number of piperidine rings is 1. The summed E-state index contributed by atoms with van der Waals surface area (Å²) in [6.07, 6.45) is 2.16. The number of nitrogens with zero attached hydrogens (tertiary/aromatic N) is 2. The van der Waals surface area contributed by atoms with Gasteiger partial charge >= 0.3 is 6.09 Å². The Balaban J connectivity index is 1.39. The molecule has 1 aromatic heterocycles. The zero-order valence-corrected chi connectivity index (χ0v) is 17.2. The summed E-state index contributed by atoms with van der Waals surface area (Å²) >= 11 is 4.87. The monoisotopic (exact) mass is 448 g/mol. The van der Waals surface area contributed by atoms with Gasteiger partial charge in [-0.15, -0.1) is 11.3 Å². The van der Waals surface area contributed by atoms with Crippen LogP contribution in [-0.4, -0.2) is 53.6 Å². The van der Waals surface area contributed by atoms with Gasteiger partial charge in [0.1, 0.15) is 6.61 Å². The zero-order chi connectivity index (χ0) is 18.8. The molecule has 2 aromatic rings. The van der Waals surface area contributed by atoms with E-state index in [0.29, 0.717) is 19.7 Å². The maximum atomic E-state index is 12.6. The first-order valence-corrected chi connectivity index (χ1v) is 10.8. The minimum absolute atomic E-state index is 0.0698. The molecule has 2 amide bonds. The third kappa shape index (κ3) is 4.04. The number of carbonyl (C=O) groups excluding carboxylic acids is 2. The third-order valence-electron chi connectivity index (χ3n) is 5.25. The lowest BCUT2D eigenvalue weighted by atomic mass is 9.99. The molecule has 7 heteroatoms. The predicted molar refractivity (Wildman–Crippen MR) is 108 cm³/mol. The van der Waals surface area contributed by atoms with Gasteiger partial charge in [-0.25, -0.2) is 4.79 Å². The van der Waals surface area contributed by atoms with E-state index in [-0.39, 0.29) is 24.1 Å². The maximum Gasteiger partial charge on any atom is 0.410 e. The number of ether oxygens (including phenoxy) is 1. The Hall–Kier alpha value is -1.86. The number of cyclic esters (lactones) is 1. The summed E-state index contributed by atoms with van der Waals surface area (Å²) < 4.78 is 6.32. The van der Waals surface area contributed by atoms with Gasteiger partial charge in [0.15, 0.2) is 0 Å². The van der Waals surface area contributed by atoms with Gasteiger partial charge in [0.05, 0.1) is 14.7 Å². The highest BCUT2D eigenvalue weighted by molar-refractivity contribution is 9.11. The van der Waals surface area contributed by atoms with Crippen molar-refractivity contribution in [3.05, 3.63) is 56.7 Å². The Kier molecular flexibility index (Phi) is 5.50. The van der Waals surface area contributed by atoms with Crippen molar-refractivity contribution in [2.75, 3.05) is 19.7 Å². The molecule has 5 nitrogen and oxygen atoms in total. The van der Waals surface area contributed by atoms with E-state index in [9.17, 15) is 9.59 Å². The molecule has 27 heavy (non-hydrogen) atoms. The maximum absolute atomic E-state index is 12.6. The Morgan fingerprint density at radius 3 is 2.56 bits per heavy atom. The molecule has 4 rings (SSSR count). The summed E-state index contributed by atoms with van der Waals surface area (Å²) in [5, 5.41) is 0. The number of carbonyl (C=O) groups is 2. The van der Waals surface area contributed by atoms with Crippen molar-refractivity contribution in [3.8, 4) is 0 Å². The summed E-state index contributed by atoms with van der Waals surface area (Å²) in [5.74, 6) is 0.0778. The summed E-state index contributed by atoms with van der Waals surface area (Å²) in [6.45, 7) is 1.78. The molecule has 3 heterocycles. The van der Waals surface area contributed by atoms with Crippen LogP contribution in [0.15, 0.2) is 46.3 Å². The molecule has 0 radical (unpaired) electrons. The van der Waals surface area contributed by atoms with E-state index < -0.39 is 0 Å². The molecule has 0 saturated carbocycles. The quantitative estimate of drug-likeness (QED) is 0.704. The van der Waals surface area contributed by atoms with Crippen LogP contribution in [0.1, 0.15) is 28.1 Å². The van der Waals surface area contributed by atoms with E-state index in [1.54, 1.807) is 0 Å². The molecular formula is C20H21BrN2O3S. The minimum atomic E-state index is -0.220. The van der Waals surface area contributed by atoms with Gasteiger partial charge in [-0.3, -0.25) is 9.69 Å². The molecule has 2 aliphatic rings. The van der Waals surface area contributed by atoms with Gasteiger partial charge in [-0.1, -0.05) is 30.3 Å². The molecule has 1 aromatic carbocycles. The van der Waals surface area contributed by atoms with Crippen LogP contribution in [0.2, 0.25) is 0 Å². The van der Waals surface area contributed by atoms with E-state index in [4.69, 9.17) is 4.74 Å². The highest BCUT2D eigenvalue weighted by Gasteiger charge is 2.39. The van der Waals surface area contributed by atoms with E-state index in [2.05, 4.69) is 28.1 Å². The number of hydrogen-bond donors (Lipinski definition) is 0. The third-order valence-corrected chi connectivity index (χ3v) is 6.86. The van der Waals surface area contributed by atoms with Gasteiger partial charge in [-0.2, -0.15) is 0 Å². The normalized spacial score (nSPS) is 20.8. The number of rotatable bonds is 4. The lowest BCUT2D eigenvalue weighted by molar-refractivity contribution is 0.0641. The van der Waals surface area contributed by atoms with E-state index in [1.165, 1.54) is 16.9 Å². The predicted octanol–water partition coefficient (Wildman–Crippen LogP) is 4.18. The fourth-order valence-electron chi connectivity index (χ4n) is 3.89. The number of halogens is 1. The summed E-state index contributed by atoms with van der Waals surface area (Å²) in [4.78, 5) is 29.5. The van der Waals surface area contributed by atoms with Crippen LogP contribution in [0.5, 0.6) is 0 Å². The number of likely N-dealkylation sites (tertiary alicyclic amines) is 1. The van der Waals surface area contributed by atoms with Gasteiger partial charge in [0, 0.05) is 19.1 Å². The first-order valence-electron chi connectivity index (χ1n) is 9.15. The zero-order valence-electron chi connectivity index (χ0n) is 14.8. The second kappa shape index (κ2) is 8.02. The van der Waals surface area contributed by atoms with E-state index in [1.807, 2.05) is 40.1 Å². The Labute approximate surface area is 171 Å². The molecular weight excluding hydrogens is 428 g/mol. The van der Waals surface area contributed by atoms with Crippen molar-refractivity contribution < 1.29 is 14.3 Å². The summed E-state index contributed by atoms with van der Waals surface area (Å²) in [5.41, 5.74) is 1.21. The molecule has 0 spiro atoms. The highest BCUT2D eigenvalue weighted by atomic mass is 79.9. The molecule has 2 saturated heterocycles. The molecule has 0 N–H and O–H groups in total. The number of amides is 2. The molecule has 0 bridgehead atoms. The number of benzene rings is 1. The molecule has 0 unspecified atom stereocenters. The van der Waals surface area contributed by atoms with E-state index in [0.717, 1.165) is 27.9 Å². The van der Waals surface area contributed by atoms with Crippen molar-refractivity contribution in [1.29, 1.82) is 0 Å². The van der Waals surface area contributed by atoms with Crippen molar-refractivity contribution in [2.45, 2.75) is 31.3 Å². The summed E-state index contributed by atoms with van der Waals surface area (Å²) in [7, 11) is 0. The topological polar surface area (TPSA) is 49.9 Å². The largest absolute Gasteiger partial charge is 0.447 e. The van der Waals surface area contributed by atoms with Crippen molar-refractivity contribution in [3.63, 3.8) is 0 Å². The van der Waals surface area contributed by atoms with E-state index >= 15 is 0 Å². The molecule has 0 aliphatic carbocycles. The number of thiophene rings is 1. The molecule has 1 atom stereocenters. The van der Waals surface area contributed by atoms with Gasteiger partial charge in [-0.05, 0) is 52.9 Å². The first-order chi connectivity index (χ1) is 13.1. The second-order valence-electron chi connectivity index (χ2n) is 6.95. The average Bonchev–Trinajstić information content (AvgIpc) is 3.28. The van der Waals surface area contributed by atoms with Crippen molar-refractivity contribution in [1.82, 2.24) is 9.80 Å². The lowest BCUT2D eigenvalue weighted by Gasteiger charge is -2.37. The molecule has 2 fully saturated rings. The van der Waals surface area contributed by atoms with Crippen LogP contribution in [0.4, 0.5) is 4.79 Å². The van der Waals surface area contributed by atoms with Gasteiger partial charge in [0.25, 0.3) is 5.91 Å². The van der Waals surface area contributed by atoms with Crippen LogP contribution in [0.3, 0.4) is 0 Å². The first kappa shape index (κ1) is 18.5. The highest BCUT2D eigenvalue weighted by Crippen LogP contribution is 2.28. The van der Waals surface area contributed by atoms with Crippen LogP contribution in [-0.2, 0) is 11.2 Å². The van der Waals surface area contributed by atoms with Crippen LogP contribution >= 0.6 is 27.3 Å². The van der Waals surface area contributed by atoms with Crippen molar-refractivity contribution >= 4 is 39.3 Å². The Morgan fingerprint density at radius 1 is 1.15 bits per heavy atom. The standard InChI is InChI=1S/C20H21BrN2O3S/c21-18-7-6-17(27-18)19(24)22-10-8-15(9-11-22)23-16(13-26-20(23)25)12-14-4-2-1-3-5-14/h1-7,15-16H,8-13H2/t16-/m0/s1. The molecule has 142 valence electrons.